The summed E-state index contributed by atoms with van der Waals surface area (Å²) in [5.41, 5.74) is 6.11. The minimum atomic E-state index is -0.658. The lowest BCUT2D eigenvalue weighted by Gasteiger charge is -2.11. The van der Waals surface area contributed by atoms with Crippen LogP contribution >= 0.6 is 0 Å². The zero-order chi connectivity index (χ0) is 17.0. The summed E-state index contributed by atoms with van der Waals surface area (Å²) in [6, 6.07) is 11.0. The summed E-state index contributed by atoms with van der Waals surface area (Å²) in [6.45, 7) is 2.97. The van der Waals surface area contributed by atoms with Gasteiger partial charge in [-0.2, -0.15) is 0 Å². The molecule has 1 aliphatic carbocycles. The molecular weight excluding hydrogens is 306 g/mol. The van der Waals surface area contributed by atoms with Gasteiger partial charge in [0.05, 0.1) is 12.1 Å². The van der Waals surface area contributed by atoms with Gasteiger partial charge in [-0.1, -0.05) is 0 Å². The topological polar surface area (TPSA) is 86.5 Å². The van der Waals surface area contributed by atoms with E-state index in [1.165, 1.54) is 0 Å². The van der Waals surface area contributed by atoms with E-state index in [2.05, 4.69) is 10.3 Å². The van der Waals surface area contributed by atoms with E-state index in [1.807, 2.05) is 37.3 Å². The van der Waals surface area contributed by atoms with Crippen LogP contribution in [0.15, 0.2) is 42.6 Å². The van der Waals surface area contributed by atoms with Crippen molar-refractivity contribution < 1.29 is 14.3 Å². The number of benzene rings is 1. The third-order valence-electron chi connectivity index (χ3n) is 3.85. The van der Waals surface area contributed by atoms with Crippen molar-refractivity contribution in [1.29, 1.82) is 0 Å². The first-order valence-corrected chi connectivity index (χ1v) is 8.02. The van der Waals surface area contributed by atoms with Gasteiger partial charge in [-0.25, -0.2) is 4.98 Å². The van der Waals surface area contributed by atoms with E-state index in [4.69, 9.17) is 15.2 Å². The van der Waals surface area contributed by atoms with E-state index in [0.29, 0.717) is 24.8 Å². The van der Waals surface area contributed by atoms with Crippen molar-refractivity contribution in [3.63, 3.8) is 0 Å². The number of nitrogens with two attached hydrogens (primary N) is 1. The molecule has 6 nitrogen and oxygen atoms in total. The molecular formula is C18H21N3O3. The number of rotatable bonds is 7. The summed E-state index contributed by atoms with van der Waals surface area (Å²) < 4.78 is 11.1. The van der Waals surface area contributed by atoms with Crippen LogP contribution in [0.2, 0.25) is 0 Å². The Labute approximate surface area is 141 Å². The molecule has 0 atom stereocenters. The third kappa shape index (κ3) is 4.02. The number of hydrogen-bond donors (Lipinski definition) is 2. The molecule has 0 unspecified atom stereocenters. The first kappa shape index (κ1) is 16.3. The predicted octanol–water partition coefficient (Wildman–Crippen LogP) is 2.38. The van der Waals surface area contributed by atoms with Gasteiger partial charge in [-0.3, -0.25) is 4.79 Å². The fraction of sp³-hybridized carbons (Fsp3) is 0.333. The second-order valence-electron chi connectivity index (χ2n) is 5.85. The molecule has 1 aromatic carbocycles. The molecule has 0 saturated heterocycles. The lowest BCUT2D eigenvalue weighted by Crippen LogP contribution is -2.42. The Balaban J connectivity index is 1.59. The van der Waals surface area contributed by atoms with Crippen molar-refractivity contribution in [2.45, 2.75) is 31.8 Å². The van der Waals surface area contributed by atoms with Crippen LogP contribution in [0.5, 0.6) is 17.4 Å². The Morgan fingerprint density at radius 1 is 1.25 bits per heavy atom. The van der Waals surface area contributed by atoms with E-state index in [9.17, 15) is 4.79 Å². The van der Waals surface area contributed by atoms with Crippen molar-refractivity contribution in [1.82, 2.24) is 10.3 Å². The predicted molar refractivity (Wildman–Crippen MR) is 89.9 cm³/mol. The average Bonchev–Trinajstić information content (AvgIpc) is 3.34. The number of amides is 1. The molecule has 1 aliphatic rings. The molecule has 0 bridgehead atoms. The lowest BCUT2D eigenvalue weighted by atomic mass is 10.2. The molecule has 0 spiro atoms. The zero-order valence-electron chi connectivity index (χ0n) is 13.6. The number of hydrogen-bond acceptors (Lipinski definition) is 5. The van der Waals surface area contributed by atoms with Crippen molar-refractivity contribution in [3.8, 4) is 17.4 Å². The van der Waals surface area contributed by atoms with Gasteiger partial charge in [0.25, 0.3) is 0 Å². The molecule has 1 aromatic heterocycles. The summed E-state index contributed by atoms with van der Waals surface area (Å²) in [7, 11) is 0. The molecule has 1 saturated carbocycles. The smallest absolute Gasteiger partial charge is 0.240 e. The van der Waals surface area contributed by atoms with Crippen LogP contribution in [0.25, 0.3) is 0 Å². The molecule has 3 rings (SSSR count). The van der Waals surface area contributed by atoms with E-state index < -0.39 is 5.54 Å². The maximum atomic E-state index is 11.9. The Kier molecular flexibility index (Phi) is 4.66. The Morgan fingerprint density at radius 3 is 2.62 bits per heavy atom. The zero-order valence-corrected chi connectivity index (χ0v) is 13.6. The van der Waals surface area contributed by atoms with Gasteiger partial charge in [-0.15, -0.1) is 0 Å². The van der Waals surface area contributed by atoms with E-state index in [-0.39, 0.29) is 5.91 Å². The highest BCUT2D eigenvalue weighted by atomic mass is 16.5. The van der Waals surface area contributed by atoms with Crippen molar-refractivity contribution in [2.24, 2.45) is 5.73 Å². The minimum absolute atomic E-state index is 0.103. The van der Waals surface area contributed by atoms with Gasteiger partial charge in [0, 0.05) is 18.8 Å². The van der Waals surface area contributed by atoms with Crippen LogP contribution in [0, 0.1) is 0 Å². The maximum absolute atomic E-state index is 11.9. The molecule has 3 N–H and O–H groups in total. The first-order valence-electron chi connectivity index (χ1n) is 8.02. The van der Waals surface area contributed by atoms with Gasteiger partial charge in [0.15, 0.2) is 0 Å². The summed E-state index contributed by atoms with van der Waals surface area (Å²) in [4.78, 5) is 16.1. The van der Waals surface area contributed by atoms with Gasteiger partial charge in [0.2, 0.25) is 11.8 Å². The van der Waals surface area contributed by atoms with Crippen molar-refractivity contribution in [3.05, 3.63) is 48.2 Å². The number of nitrogens with one attached hydrogen (secondary N) is 1. The molecule has 1 fully saturated rings. The molecule has 1 heterocycles. The van der Waals surface area contributed by atoms with Crippen molar-refractivity contribution in [2.75, 3.05) is 6.61 Å². The van der Waals surface area contributed by atoms with Crippen LogP contribution in [0.1, 0.15) is 25.3 Å². The lowest BCUT2D eigenvalue weighted by molar-refractivity contribution is -0.123. The van der Waals surface area contributed by atoms with Crippen LogP contribution in [-0.4, -0.2) is 23.0 Å². The first-order chi connectivity index (χ1) is 11.6. The number of ether oxygens (including phenoxy) is 2. The van der Waals surface area contributed by atoms with E-state index in [0.717, 1.165) is 24.2 Å². The summed E-state index contributed by atoms with van der Waals surface area (Å²) in [5.74, 6) is 1.84. The fourth-order valence-electron chi connectivity index (χ4n) is 2.23. The number of aromatic nitrogens is 1. The second-order valence-corrected chi connectivity index (χ2v) is 5.85. The van der Waals surface area contributed by atoms with Gasteiger partial charge in [-0.05, 0) is 55.7 Å². The van der Waals surface area contributed by atoms with E-state index >= 15 is 0 Å². The highest BCUT2D eigenvalue weighted by Gasteiger charge is 2.45. The Morgan fingerprint density at radius 2 is 1.96 bits per heavy atom. The standard InChI is InChI=1S/C18H21N3O3/c1-2-23-14-3-5-15(6-4-14)24-16-11-13(7-10-20-16)12-21-17(22)18(19)8-9-18/h3-7,10-11H,2,8-9,12,19H2,1H3,(H,21,22). The number of carbonyl (C=O) groups excluding carboxylic acids is 1. The fourth-order valence-corrected chi connectivity index (χ4v) is 2.23. The minimum Gasteiger partial charge on any atom is -0.494 e. The highest BCUT2D eigenvalue weighted by molar-refractivity contribution is 5.88. The molecule has 6 heteroatoms. The van der Waals surface area contributed by atoms with Crippen LogP contribution in [0.3, 0.4) is 0 Å². The number of pyridine rings is 1. The molecule has 0 radical (unpaired) electrons. The maximum Gasteiger partial charge on any atom is 0.240 e. The molecule has 1 amide bonds. The molecule has 24 heavy (non-hydrogen) atoms. The SMILES string of the molecule is CCOc1ccc(Oc2cc(CNC(=O)C3(N)CC3)ccn2)cc1. The highest BCUT2D eigenvalue weighted by Crippen LogP contribution is 2.32. The number of nitrogens with zero attached hydrogens (tertiary/aromatic N) is 1. The Bertz CT molecular complexity index is 712. The monoisotopic (exact) mass is 327 g/mol. The second kappa shape index (κ2) is 6.88. The van der Waals surface area contributed by atoms with Crippen LogP contribution < -0.4 is 20.5 Å². The summed E-state index contributed by atoms with van der Waals surface area (Å²) in [6.07, 6.45) is 3.16. The van der Waals surface area contributed by atoms with Gasteiger partial charge >= 0.3 is 0 Å². The van der Waals surface area contributed by atoms with Gasteiger partial charge < -0.3 is 20.5 Å². The van der Waals surface area contributed by atoms with Crippen LogP contribution in [-0.2, 0) is 11.3 Å². The summed E-state index contributed by atoms with van der Waals surface area (Å²) >= 11 is 0. The molecule has 2 aromatic rings. The van der Waals surface area contributed by atoms with Crippen LogP contribution in [0.4, 0.5) is 0 Å². The van der Waals surface area contributed by atoms with E-state index in [1.54, 1.807) is 12.3 Å². The summed E-state index contributed by atoms with van der Waals surface area (Å²) in [5, 5.41) is 2.85. The molecule has 0 aliphatic heterocycles. The number of carbonyl (C=O) groups is 1. The van der Waals surface area contributed by atoms with Gasteiger partial charge in [0.1, 0.15) is 11.5 Å². The normalized spacial score (nSPS) is 14.8. The van der Waals surface area contributed by atoms with Crippen molar-refractivity contribution >= 4 is 5.91 Å². The third-order valence-corrected chi connectivity index (χ3v) is 3.85. The largest absolute Gasteiger partial charge is 0.494 e. The molecule has 126 valence electrons. The average molecular weight is 327 g/mol. The quantitative estimate of drug-likeness (QED) is 0.815. The Hall–Kier alpha value is -2.60.